The van der Waals surface area contributed by atoms with E-state index < -0.39 is 97.5 Å². The Morgan fingerprint density at radius 1 is 0.267 bits per heavy atom. The van der Waals surface area contributed by atoms with Crippen LogP contribution in [0.2, 0.25) is 0 Å². The summed E-state index contributed by atoms with van der Waals surface area (Å²) in [6.07, 6.45) is 72.3. The molecule has 0 aliphatic heterocycles. The summed E-state index contributed by atoms with van der Waals surface area (Å²) < 4.78 is 68.9. The highest BCUT2D eigenvalue weighted by molar-refractivity contribution is 7.47. The Morgan fingerprint density at radius 2 is 0.457 bits per heavy atom. The number of ether oxygens (including phenoxy) is 4. The Kier molecular flexibility index (Phi) is 77.3. The predicted octanol–water partition coefficient (Wildman–Crippen LogP) is 26.4. The molecule has 0 amide bonds. The Labute approximate surface area is 645 Å². The van der Waals surface area contributed by atoms with Crippen molar-refractivity contribution in [3.63, 3.8) is 0 Å². The lowest BCUT2D eigenvalue weighted by molar-refractivity contribution is -0.161. The molecule has 3 N–H and O–H groups in total. The number of esters is 4. The molecular weight excluding hydrogens is 1370 g/mol. The maximum Gasteiger partial charge on any atom is 0.472 e. The summed E-state index contributed by atoms with van der Waals surface area (Å²) in [6, 6.07) is 0. The van der Waals surface area contributed by atoms with E-state index in [0.717, 1.165) is 102 Å². The highest BCUT2D eigenvalue weighted by Crippen LogP contribution is 2.45. The SMILES string of the molecule is CCCCCCCCCCCCCCCCCCCCCCCC(=O)O[C@H](COC(=O)CCCCCCCCCCCCCCCCCCC)COP(=O)(O)OC[C@@H](O)COP(=O)(O)OC[C@@H](COC(=O)CCCCCCCCC(C)CC)OC(=O)CCCCCCCCCCCCCCCCCCC. The highest BCUT2D eigenvalue weighted by atomic mass is 31.2. The van der Waals surface area contributed by atoms with E-state index in [4.69, 9.17) is 37.0 Å². The van der Waals surface area contributed by atoms with Crippen LogP contribution >= 0.6 is 15.6 Å². The lowest BCUT2D eigenvalue weighted by Gasteiger charge is -2.21. The number of hydrogen-bond acceptors (Lipinski definition) is 15. The molecule has 105 heavy (non-hydrogen) atoms. The topological polar surface area (TPSA) is 237 Å². The number of unbranched alkanes of at least 4 members (excludes halogenated alkanes) is 57. The second kappa shape index (κ2) is 78.7. The minimum Gasteiger partial charge on any atom is -0.462 e. The normalized spacial score (nSPS) is 14.0. The number of rotatable bonds is 86. The average molecular weight is 1540 g/mol. The van der Waals surface area contributed by atoms with Crippen LogP contribution in [0.25, 0.3) is 0 Å². The van der Waals surface area contributed by atoms with Crippen LogP contribution in [0.15, 0.2) is 0 Å². The van der Waals surface area contributed by atoms with Crippen molar-refractivity contribution >= 4 is 39.5 Å². The van der Waals surface area contributed by atoms with Crippen molar-refractivity contribution in [1.29, 1.82) is 0 Å². The van der Waals surface area contributed by atoms with E-state index in [9.17, 15) is 43.2 Å². The fourth-order valence-corrected chi connectivity index (χ4v) is 15.0. The Hall–Kier alpha value is -1.94. The number of aliphatic hydroxyl groups is 1. The van der Waals surface area contributed by atoms with E-state index >= 15 is 0 Å². The standard InChI is InChI=1S/C86H168O17P2/c1-6-10-13-16-19-22-25-28-31-34-35-36-37-40-43-46-49-52-55-62-66-71-85(90)102-81(75-96-83(88)69-64-59-53-50-47-44-41-38-32-29-26-23-20-17-14-11-7-2)77-100-104(92,93)98-73-80(87)74-99-105(94,95)101-78-82(76-97-84(89)70-65-60-57-56-58-63-68-79(5)9-4)103-86(91)72-67-61-54-51-48-45-42-39-33-30-27-24-21-18-15-12-8-3/h79-82,87H,6-78H2,1-5H3,(H,92,93)(H,94,95)/t79?,80-,81-,82-/m1/s1. The molecule has 17 nitrogen and oxygen atoms in total. The van der Waals surface area contributed by atoms with Gasteiger partial charge < -0.3 is 33.8 Å². The van der Waals surface area contributed by atoms with Crippen molar-refractivity contribution in [3.05, 3.63) is 0 Å². The molecular formula is C86H168O17P2. The third kappa shape index (κ3) is 78.5. The van der Waals surface area contributed by atoms with Gasteiger partial charge >= 0.3 is 39.5 Å². The predicted molar refractivity (Wildman–Crippen MR) is 432 cm³/mol. The van der Waals surface area contributed by atoms with Crippen LogP contribution in [0.3, 0.4) is 0 Å². The zero-order valence-corrected chi connectivity index (χ0v) is 70.7. The van der Waals surface area contributed by atoms with E-state index in [1.54, 1.807) is 0 Å². The number of phosphoric ester groups is 2. The maximum atomic E-state index is 13.1. The minimum absolute atomic E-state index is 0.108. The van der Waals surface area contributed by atoms with Crippen LogP contribution in [0.5, 0.6) is 0 Å². The van der Waals surface area contributed by atoms with E-state index in [1.165, 1.54) is 283 Å². The third-order valence-electron chi connectivity index (χ3n) is 20.6. The van der Waals surface area contributed by atoms with Gasteiger partial charge in [-0.25, -0.2) is 9.13 Å². The lowest BCUT2D eigenvalue weighted by atomic mass is 10.00. The molecule has 0 aromatic carbocycles. The van der Waals surface area contributed by atoms with Gasteiger partial charge in [0.25, 0.3) is 0 Å². The van der Waals surface area contributed by atoms with Crippen molar-refractivity contribution in [2.24, 2.45) is 5.92 Å². The summed E-state index contributed by atoms with van der Waals surface area (Å²) in [5, 5.41) is 10.7. The fourth-order valence-electron chi connectivity index (χ4n) is 13.4. The molecule has 0 rings (SSSR count). The Balaban J connectivity index is 5.22. The second-order valence-corrected chi connectivity index (χ2v) is 34.1. The molecule has 0 aromatic heterocycles. The van der Waals surface area contributed by atoms with E-state index in [2.05, 4.69) is 34.6 Å². The first kappa shape index (κ1) is 103. The summed E-state index contributed by atoms with van der Waals surface area (Å²) in [5.41, 5.74) is 0. The average Bonchev–Trinajstić information content (AvgIpc) is 0.905. The van der Waals surface area contributed by atoms with Crippen LogP contribution in [0.1, 0.15) is 465 Å². The van der Waals surface area contributed by atoms with Crippen LogP contribution in [0, 0.1) is 5.92 Å². The number of carbonyl (C=O) groups excluding carboxylic acids is 4. The Morgan fingerprint density at radius 3 is 0.676 bits per heavy atom. The number of phosphoric acid groups is 2. The van der Waals surface area contributed by atoms with Crippen LogP contribution in [0.4, 0.5) is 0 Å². The molecule has 19 heteroatoms. The lowest BCUT2D eigenvalue weighted by Crippen LogP contribution is -2.30. The first-order valence-corrected chi connectivity index (χ1v) is 47.7. The van der Waals surface area contributed by atoms with E-state index in [-0.39, 0.29) is 25.7 Å². The minimum atomic E-state index is -4.97. The molecule has 3 unspecified atom stereocenters. The maximum absolute atomic E-state index is 13.1. The number of hydrogen-bond donors (Lipinski definition) is 3. The molecule has 0 bridgehead atoms. The van der Waals surface area contributed by atoms with Crippen molar-refractivity contribution in [1.82, 2.24) is 0 Å². The zero-order valence-electron chi connectivity index (χ0n) is 68.9. The van der Waals surface area contributed by atoms with Crippen LogP contribution in [-0.4, -0.2) is 96.7 Å². The van der Waals surface area contributed by atoms with E-state index in [1.807, 2.05) is 0 Å². The summed E-state index contributed by atoms with van der Waals surface area (Å²) in [5.74, 6) is -1.37. The van der Waals surface area contributed by atoms with Gasteiger partial charge in [0, 0.05) is 25.7 Å². The molecule has 0 aliphatic carbocycles. The first-order valence-electron chi connectivity index (χ1n) is 44.7. The zero-order chi connectivity index (χ0) is 76.9. The van der Waals surface area contributed by atoms with Gasteiger partial charge in [-0.05, 0) is 31.6 Å². The van der Waals surface area contributed by atoms with Gasteiger partial charge in [0.05, 0.1) is 26.4 Å². The van der Waals surface area contributed by atoms with Gasteiger partial charge in [0.15, 0.2) is 12.2 Å². The molecule has 0 spiro atoms. The molecule has 0 aromatic rings. The monoisotopic (exact) mass is 1540 g/mol. The van der Waals surface area contributed by atoms with Crippen molar-refractivity contribution in [3.8, 4) is 0 Å². The molecule has 0 saturated heterocycles. The molecule has 0 radical (unpaired) electrons. The van der Waals surface area contributed by atoms with Crippen molar-refractivity contribution in [2.45, 2.75) is 483 Å². The molecule has 624 valence electrons. The van der Waals surface area contributed by atoms with Gasteiger partial charge in [0.1, 0.15) is 19.3 Å². The van der Waals surface area contributed by atoms with Gasteiger partial charge in [-0.3, -0.25) is 37.3 Å². The van der Waals surface area contributed by atoms with Crippen molar-refractivity contribution in [2.75, 3.05) is 39.6 Å². The molecule has 6 atom stereocenters. The second-order valence-electron chi connectivity index (χ2n) is 31.2. The van der Waals surface area contributed by atoms with Gasteiger partial charge in [-0.1, -0.05) is 413 Å². The molecule has 0 aliphatic rings. The smallest absolute Gasteiger partial charge is 0.462 e. The van der Waals surface area contributed by atoms with Crippen LogP contribution < -0.4 is 0 Å². The van der Waals surface area contributed by atoms with Crippen molar-refractivity contribution < 1.29 is 80.2 Å². The largest absolute Gasteiger partial charge is 0.472 e. The fraction of sp³-hybridized carbons (Fsp3) is 0.953. The summed E-state index contributed by atoms with van der Waals surface area (Å²) in [4.78, 5) is 73.2. The summed E-state index contributed by atoms with van der Waals surface area (Å²) >= 11 is 0. The van der Waals surface area contributed by atoms with Gasteiger partial charge in [-0.2, -0.15) is 0 Å². The van der Waals surface area contributed by atoms with E-state index in [0.29, 0.717) is 25.7 Å². The summed E-state index contributed by atoms with van der Waals surface area (Å²) in [7, 11) is -9.93. The van der Waals surface area contributed by atoms with Crippen LogP contribution in [-0.2, 0) is 65.4 Å². The molecule has 0 heterocycles. The molecule has 0 fully saturated rings. The van der Waals surface area contributed by atoms with Gasteiger partial charge in [0.2, 0.25) is 0 Å². The first-order chi connectivity index (χ1) is 51.1. The van der Waals surface area contributed by atoms with Gasteiger partial charge in [-0.15, -0.1) is 0 Å². The third-order valence-corrected chi connectivity index (χ3v) is 22.5. The molecule has 0 saturated carbocycles. The Bertz CT molecular complexity index is 2000. The number of carbonyl (C=O) groups is 4. The summed E-state index contributed by atoms with van der Waals surface area (Å²) in [6.45, 7) is 7.33. The quantitative estimate of drug-likeness (QED) is 0.0222. The highest BCUT2D eigenvalue weighted by Gasteiger charge is 2.30. The number of aliphatic hydroxyl groups excluding tert-OH is 1.